The van der Waals surface area contributed by atoms with Crippen molar-refractivity contribution >= 4 is 23.9 Å². The van der Waals surface area contributed by atoms with Gasteiger partial charge in [0.05, 0.1) is 13.0 Å². The first kappa shape index (κ1) is 29.9. The van der Waals surface area contributed by atoms with Crippen molar-refractivity contribution in [2.24, 2.45) is 5.92 Å². The third-order valence-electron chi connectivity index (χ3n) is 5.12. The summed E-state index contributed by atoms with van der Waals surface area (Å²) in [5.41, 5.74) is 0.915. The second-order valence-corrected chi connectivity index (χ2v) is 9.65. The van der Waals surface area contributed by atoms with Gasteiger partial charge in [-0.15, -0.1) is 0 Å². The molecule has 1 aromatic carbocycles. The normalized spacial score (nSPS) is 12.9. The number of rotatable bonds is 11. The first-order valence-electron chi connectivity index (χ1n) is 12.1. The van der Waals surface area contributed by atoms with Crippen molar-refractivity contribution in [2.75, 3.05) is 19.7 Å². The maximum Gasteiger partial charge on any atom is 0.408 e. The van der Waals surface area contributed by atoms with E-state index in [1.807, 2.05) is 32.9 Å². The molecule has 1 aromatic rings. The average molecular weight is 492 g/mol. The van der Waals surface area contributed by atoms with Crippen molar-refractivity contribution in [1.29, 1.82) is 0 Å². The molecule has 2 atom stereocenters. The highest BCUT2D eigenvalue weighted by molar-refractivity contribution is 5.92. The Hall–Kier alpha value is -3.10. The summed E-state index contributed by atoms with van der Waals surface area (Å²) in [5, 5.41) is 5.42. The van der Waals surface area contributed by atoms with Crippen LogP contribution < -0.4 is 10.6 Å². The number of benzene rings is 1. The van der Waals surface area contributed by atoms with Gasteiger partial charge in [0.1, 0.15) is 17.7 Å². The predicted molar refractivity (Wildman–Crippen MR) is 134 cm³/mol. The second-order valence-electron chi connectivity index (χ2n) is 9.65. The maximum absolute atomic E-state index is 13.7. The van der Waals surface area contributed by atoms with Gasteiger partial charge in [0.15, 0.2) is 0 Å². The van der Waals surface area contributed by atoms with E-state index in [0.717, 1.165) is 5.56 Å². The van der Waals surface area contributed by atoms with E-state index in [1.54, 1.807) is 46.8 Å². The second kappa shape index (κ2) is 13.7. The Bertz CT molecular complexity index is 861. The van der Waals surface area contributed by atoms with Crippen LogP contribution in [0.4, 0.5) is 4.79 Å². The SMILES string of the molecule is CCOC(=O)CCNC(=O)C(c1ccc(C)cc1)N(CC)C(=O)C(NC(=O)OC(C)(C)C)C(C)C. The molecule has 0 fully saturated rings. The largest absolute Gasteiger partial charge is 0.466 e. The minimum Gasteiger partial charge on any atom is -0.466 e. The number of nitrogens with zero attached hydrogens (tertiary/aromatic N) is 1. The number of amides is 3. The molecule has 0 aromatic heterocycles. The number of aryl methyl sites for hydroxylation is 1. The minimum absolute atomic E-state index is 0.0229. The number of ether oxygens (including phenoxy) is 2. The first-order chi connectivity index (χ1) is 16.3. The number of hydrogen-bond donors (Lipinski definition) is 2. The third kappa shape index (κ3) is 9.96. The quantitative estimate of drug-likeness (QED) is 0.458. The molecule has 0 spiro atoms. The Balaban J connectivity index is 3.22. The van der Waals surface area contributed by atoms with E-state index in [-0.39, 0.29) is 32.0 Å². The lowest BCUT2D eigenvalue weighted by Gasteiger charge is -2.35. The van der Waals surface area contributed by atoms with Gasteiger partial charge in [0.25, 0.3) is 0 Å². The zero-order valence-corrected chi connectivity index (χ0v) is 22.3. The van der Waals surface area contributed by atoms with Crippen molar-refractivity contribution in [1.82, 2.24) is 15.5 Å². The summed E-state index contributed by atoms with van der Waals surface area (Å²) in [4.78, 5) is 52.5. The molecule has 0 bridgehead atoms. The highest BCUT2D eigenvalue weighted by atomic mass is 16.6. The van der Waals surface area contributed by atoms with Crippen LogP contribution in [0, 0.1) is 12.8 Å². The summed E-state index contributed by atoms with van der Waals surface area (Å²) in [6.45, 7) is 14.8. The summed E-state index contributed by atoms with van der Waals surface area (Å²) in [5.74, 6) is -1.49. The van der Waals surface area contributed by atoms with Crippen molar-refractivity contribution in [2.45, 2.75) is 79.5 Å². The van der Waals surface area contributed by atoms with Crippen molar-refractivity contribution in [3.05, 3.63) is 35.4 Å². The van der Waals surface area contributed by atoms with Crippen LogP contribution in [-0.2, 0) is 23.9 Å². The van der Waals surface area contributed by atoms with Gasteiger partial charge in [0, 0.05) is 13.1 Å². The highest BCUT2D eigenvalue weighted by Crippen LogP contribution is 2.24. The Labute approximate surface area is 208 Å². The number of carbonyl (C=O) groups is 4. The Kier molecular flexibility index (Phi) is 11.7. The molecule has 0 aliphatic rings. The fourth-order valence-corrected chi connectivity index (χ4v) is 3.43. The topological polar surface area (TPSA) is 114 Å². The summed E-state index contributed by atoms with van der Waals surface area (Å²) >= 11 is 0. The molecular formula is C26H41N3O6. The van der Waals surface area contributed by atoms with Crippen molar-refractivity contribution < 1.29 is 28.7 Å². The standard InChI is InChI=1S/C26H41N3O6/c1-9-29(24(32)21(17(3)4)28-25(33)35-26(6,7)8)22(19-13-11-18(5)12-14-19)23(31)27-16-15-20(30)34-10-2/h11-14,17,21-22H,9-10,15-16H2,1-8H3,(H,27,31)(H,28,33). The minimum atomic E-state index is -0.947. The molecule has 0 saturated carbocycles. The van der Waals surface area contributed by atoms with Crippen LogP contribution in [-0.4, -0.2) is 60.1 Å². The molecule has 0 radical (unpaired) electrons. The van der Waals surface area contributed by atoms with Crippen molar-refractivity contribution in [3.8, 4) is 0 Å². The van der Waals surface area contributed by atoms with Crippen LogP contribution in [0.15, 0.2) is 24.3 Å². The van der Waals surface area contributed by atoms with Crippen LogP contribution in [0.1, 0.15) is 72.1 Å². The molecule has 196 valence electrons. The molecule has 9 heteroatoms. The van der Waals surface area contributed by atoms with E-state index in [4.69, 9.17) is 9.47 Å². The molecule has 1 rings (SSSR count). The molecule has 0 aliphatic heterocycles. The lowest BCUT2D eigenvalue weighted by molar-refractivity contribution is -0.144. The summed E-state index contributed by atoms with van der Waals surface area (Å²) < 4.78 is 10.3. The van der Waals surface area contributed by atoms with Crippen LogP contribution in [0.5, 0.6) is 0 Å². The predicted octanol–water partition coefficient (Wildman–Crippen LogP) is 3.50. The van der Waals surface area contributed by atoms with Crippen LogP contribution in [0.25, 0.3) is 0 Å². The Morgan fingerprint density at radius 3 is 2.11 bits per heavy atom. The van der Waals surface area contributed by atoms with Gasteiger partial charge in [-0.05, 0) is 53.0 Å². The number of carbonyl (C=O) groups excluding carboxylic acids is 4. The van der Waals surface area contributed by atoms with E-state index < -0.39 is 41.6 Å². The summed E-state index contributed by atoms with van der Waals surface area (Å²) in [6, 6.07) is 5.48. The molecule has 0 saturated heterocycles. The average Bonchev–Trinajstić information content (AvgIpc) is 2.74. The van der Waals surface area contributed by atoms with E-state index in [0.29, 0.717) is 5.56 Å². The fraction of sp³-hybridized carbons (Fsp3) is 0.615. The maximum atomic E-state index is 13.7. The smallest absolute Gasteiger partial charge is 0.408 e. The zero-order valence-electron chi connectivity index (χ0n) is 22.3. The lowest BCUT2D eigenvalue weighted by Crippen LogP contribution is -2.54. The third-order valence-corrected chi connectivity index (χ3v) is 5.12. The van der Waals surface area contributed by atoms with Gasteiger partial charge in [0.2, 0.25) is 11.8 Å². The molecule has 0 aliphatic carbocycles. The molecule has 0 heterocycles. The molecule has 2 unspecified atom stereocenters. The van der Waals surface area contributed by atoms with Crippen molar-refractivity contribution in [3.63, 3.8) is 0 Å². The Morgan fingerprint density at radius 2 is 1.63 bits per heavy atom. The van der Waals surface area contributed by atoms with E-state index >= 15 is 0 Å². The number of nitrogens with one attached hydrogen (secondary N) is 2. The summed E-state index contributed by atoms with van der Waals surface area (Å²) in [7, 11) is 0. The monoisotopic (exact) mass is 491 g/mol. The Morgan fingerprint density at radius 1 is 1.03 bits per heavy atom. The number of alkyl carbamates (subject to hydrolysis) is 1. The molecule has 3 amide bonds. The van der Waals surface area contributed by atoms with E-state index in [1.165, 1.54) is 4.90 Å². The lowest BCUT2D eigenvalue weighted by atomic mass is 9.98. The van der Waals surface area contributed by atoms with Crippen LogP contribution in [0.2, 0.25) is 0 Å². The van der Waals surface area contributed by atoms with Gasteiger partial charge in [-0.2, -0.15) is 0 Å². The van der Waals surface area contributed by atoms with E-state index in [2.05, 4.69) is 10.6 Å². The van der Waals surface area contributed by atoms with Gasteiger partial charge in [-0.25, -0.2) is 4.79 Å². The fourth-order valence-electron chi connectivity index (χ4n) is 3.43. The summed E-state index contributed by atoms with van der Waals surface area (Å²) in [6.07, 6.45) is -0.680. The van der Waals surface area contributed by atoms with Gasteiger partial charge < -0.3 is 25.0 Å². The van der Waals surface area contributed by atoms with Crippen LogP contribution in [0.3, 0.4) is 0 Å². The van der Waals surface area contributed by atoms with Gasteiger partial charge >= 0.3 is 12.1 Å². The van der Waals surface area contributed by atoms with Gasteiger partial charge in [-0.3, -0.25) is 14.4 Å². The number of likely N-dealkylation sites (N-methyl/N-ethyl adjacent to an activating group) is 1. The number of esters is 1. The first-order valence-corrected chi connectivity index (χ1v) is 12.1. The van der Waals surface area contributed by atoms with E-state index in [9.17, 15) is 19.2 Å². The van der Waals surface area contributed by atoms with Gasteiger partial charge in [-0.1, -0.05) is 43.7 Å². The number of hydrogen-bond acceptors (Lipinski definition) is 6. The molecule has 2 N–H and O–H groups in total. The highest BCUT2D eigenvalue weighted by Gasteiger charge is 2.36. The zero-order chi connectivity index (χ0) is 26.8. The molecular weight excluding hydrogens is 450 g/mol. The molecule has 9 nitrogen and oxygen atoms in total. The van der Waals surface area contributed by atoms with Crippen LogP contribution >= 0.6 is 0 Å². The molecule has 35 heavy (non-hydrogen) atoms.